The Balaban J connectivity index is -0.0000000800. The summed E-state index contributed by atoms with van der Waals surface area (Å²) < 4.78 is 25.5. The van der Waals surface area contributed by atoms with Gasteiger partial charge >= 0.3 is 60.5 Å². The van der Waals surface area contributed by atoms with Crippen molar-refractivity contribution in [2.24, 2.45) is 0 Å². The molecule has 0 amide bonds. The number of hydrogen-bond donors (Lipinski definition) is 2. The molecule has 0 unspecified atom stereocenters. The fraction of sp³-hybridized carbons (Fsp3) is 0. The van der Waals surface area contributed by atoms with E-state index in [2.05, 4.69) is 11.7 Å². The van der Waals surface area contributed by atoms with Crippen LogP contribution in [-0.2, 0) is 31.5 Å². The Hall–Kier alpha value is 2.64. The predicted molar refractivity (Wildman–Crippen MR) is 27.7 cm³/mol. The van der Waals surface area contributed by atoms with Crippen molar-refractivity contribution in [1.82, 2.24) is 0 Å². The third-order valence-corrected chi connectivity index (χ3v) is 0. The SMILES string of the molecule is O=S(=O)(O)S.[Au].[KH]. The van der Waals surface area contributed by atoms with E-state index in [9.17, 15) is 0 Å². The van der Waals surface area contributed by atoms with Crippen LogP contribution in [-0.4, -0.2) is 64.4 Å². The minimum absolute atomic E-state index is 0. The predicted octanol–water partition coefficient (Wildman–Crippen LogP) is -0.932. The summed E-state index contributed by atoms with van der Waals surface area (Å²) in [5.41, 5.74) is 0. The number of thiol groups is 1. The third kappa shape index (κ3) is 54.7. The van der Waals surface area contributed by atoms with Gasteiger partial charge in [-0.05, 0) is 11.7 Å². The fourth-order valence-corrected chi connectivity index (χ4v) is 0. The molecular formula is H3AuKO3S2. The molecule has 0 aliphatic carbocycles. The molecule has 7 heavy (non-hydrogen) atoms. The van der Waals surface area contributed by atoms with Crippen molar-refractivity contribution in [1.29, 1.82) is 0 Å². The molecule has 0 saturated carbocycles. The van der Waals surface area contributed by atoms with Crippen LogP contribution in [0.2, 0.25) is 0 Å². The summed E-state index contributed by atoms with van der Waals surface area (Å²) in [6.07, 6.45) is 0. The van der Waals surface area contributed by atoms with Crippen molar-refractivity contribution >= 4 is 72.2 Å². The molecule has 7 heteroatoms. The molecule has 3 nitrogen and oxygen atoms in total. The maximum absolute atomic E-state index is 9.05. The Morgan fingerprint density at radius 2 is 1.43 bits per heavy atom. The number of hydrogen-bond acceptors (Lipinski definition) is 2. The van der Waals surface area contributed by atoms with Crippen LogP contribution in [0, 0.1) is 0 Å². The van der Waals surface area contributed by atoms with E-state index in [1.807, 2.05) is 0 Å². The van der Waals surface area contributed by atoms with E-state index in [1.165, 1.54) is 0 Å². The molecule has 0 atom stereocenters. The van der Waals surface area contributed by atoms with Crippen LogP contribution in [0.25, 0.3) is 0 Å². The molecule has 0 saturated heterocycles. The van der Waals surface area contributed by atoms with E-state index in [1.54, 1.807) is 0 Å². The summed E-state index contributed by atoms with van der Waals surface area (Å²) in [7, 11) is -3.97. The molecule has 0 aromatic carbocycles. The van der Waals surface area contributed by atoms with Gasteiger partial charge in [-0.25, -0.2) is 0 Å². The second-order valence-corrected chi connectivity index (χ2v) is 2.73. The van der Waals surface area contributed by atoms with Crippen molar-refractivity contribution in [2.75, 3.05) is 0 Å². The summed E-state index contributed by atoms with van der Waals surface area (Å²) in [6, 6.07) is 0. The van der Waals surface area contributed by atoms with Gasteiger partial charge in [0.25, 0.3) is 0 Å². The topological polar surface area (TPSA) is 54.4 Å². The normalized spacial score (nSPS) is 8.29. The second-order valence-electron chi connectivity index (χ2n) is 0.448. The summed E-state index contributed by atoms with van der Waals surface area (Å²) in [5, 5.41) is 0. The molecule has 0 fully saturated rings. The van der Waals surface area contributed by atoms with Gasteiger partial charge in [-0.1, -0.05) is 0 Å². The molecule has 1 radical (unpaired) electrons. The Kier molecular flexibility index (Phi) is 15.7. The molecule has 0 aromatic heterocycles. The molecule has 0 heterocycles. The van der Waals surface area contributed by atoms with E-state index in [0.717, 1.165) is 0 Å². The first-order valence-corrected chi connectivity index (χ1v) is 3.19. The van der Waals surface area contributed by atoms with Crippen LogP contribution >= 0.6 is 11.7 Å². The molecule has 0 aliphatic heterocycles. The van der Waals surface area contributed by atoms with Crippen molar-refractivity contribution in [2.45, 2.75) is 0 Å². The zero-order valence-corrected chi connectivity index (χ0v) is 6.30. The van der Waals surface area contributed by atoms with E-state index in [-0.39, 0.29) is 73.8 Å². The molecule has 0 spiro atoms. The van der Waals surface area contributed by atoms with E-state index >= 15 is 0 Å². The summed E-state index contributed by atoms with van der Waals surface area (Å²) in [6.45, 7) is 0. The quantitative estimate of drug-likeness (QED) is 0.257. The molecule has 0 aliphatic rings. The van der Waals surface area contributed by atoms with Crippen molar-refractivity contribution in [3.63, 3.8) is 0 Å². The first-order valence-electron chi connectivity index (χ1n) is 0.698. The van der Waals surface area contributed by atoms with Gasteiger partial charge in [0.15, 0.2) is 0 Å². The van der Waals surface area contributed by atoms with Gasteiger partial charge in [-0.15, -0.1) is 0 Å². The number of rotatable bonds is 0. The molecule has 0 bridgehead atoms. The van der Waals surface area contributed by atoms with Crippen LogP contribution in [0.15, 0.2) is 0 Å². The summed E-state index contributed by atoms with van der Waals surface area (Å²) in [5.74, 6) is 0. The van der Waals surface area contributed by atoms with Gasteiger partial charge in [0.05, 0.1) is 0 Å². The van der Waals surface area contributed by atoms with Crippen molar-refractivity contribution < 1.29 is 35.4 Å². The van der Waals surface area contributed by atoms with Gasteiger partial charge in [-0.2, -0.15) is 8.42 Å². The average molecular weight is 351 g/mol. The minimum atomic E-state index is -3.97. The Bertz CT molecular complexity index is 96.1. The van der Waals surface area contributed by atoms with Crippen LogP contribution < -0.4 is 0 Å². The molecular weight excluding hydrogens is 348 g/mol. The molecule has 45 valence electrons. The van der Waals surface area contributed by atoms with E-state index in [0.29, 0.717) is 0 Å². The van der Waals surface area contributed by atoms with Crippen LogP contribution in [0.5, 0.6) is 0 Å². The first kappa shape index (κ1) is 16.3. The van der Waals surface area contributed by atoms with Crippen LogP contribution in [0.3, 0.4) is 0 Å². The second kappa shape index (κ2) is 6.75. The zero-order chi connectivity index (χ0) is 4.50. The monoisotopic (exact) mass is 351 g/mol. The average Bonchev–Trinajstić information content (AvgIpc) is 0.722. The van der Waals surface area contributed by atoms with E-state index in [4.69, 9.17) is 13.0 Å². The van der Waals surface area contributed by atoms with Crippen LogP contribution in [0.1, 0.15) is 0 Å². The fourth-order valence-electron chi connectivity index (χ4n) is 0. The van der Waals surface area contributed by atoms with Gasteiger partial charge in [-0.3, -0.25) is 4.55 Å². The Morgan fingerprint density at radius 1 is 1.43 bits per heavy atom. The standard InChI is InChI=1S/Au.K.H2O3S2.H/c;;1-5(2,3)4;/h;;(H2,1,2,3,4);. The summed E-state index contributed by atoms with van der Waals surface area (Å²) >= 11 is 2.65. The Morgan fingerprint density at radius 3 is 1.43 bits per heavy atom. The van der Waals surface area contributed by atoms with Crippen LogP contribution in [0.4, 0.5) is 0 Å². The van der Waals surface area contributed by atoms with Crippen molar-refractivity contribution in [3.05, 3.63) is 0 Å². The van der Waals surface area contributed by atoms with Crippen molar-refractivity contribution in [3.8, 4) is 0 Å². The third-order valence-electron chi connectivity index (χ3n) is 0. The molecule has 0 aromatic rings. The van der Waals surface area contributed by atoms with Gasteiger partial charge in [0.2, 0.25) is 0 Å². The van der Waals surface area contributed by atoms with Gasteiger partial charge in [0.1, 0.15) is 0 Å². The van der Waals surface area contributed by atoms with Gasteiger partial charge < -0.3 is 0 Å². The first-order chi connectivity index (χ1) is 2.00. The Labute approximate surface area is 105 Å². The molecule has 0 rings (SSSR count). The van der Waals surface area contributed by atoms with E-state index < -0.39 is 9.15 Å². The molecule has 1 N–H and O–H groups in total. The maximum atomic E-state index is 9.05. The van der Waals surface area contributed by atoms with Gasteiger partial charge in [0, 0.05) is 22.4 Å². The zero-order valence-electron chi connectivity index (χ0n) is 2.42. The summed E-state index contributed by atoms with van der Waals surface area (Å²) in [4.78, 5) is 0.